The van der Waals surface area contributed by atoms with Gasteiger partial charge >= 0.3 is 0 Å². The average Bonchev–Trinajstić information content (AvgIpc) is 2.41. The molecule has 1 fully saturated rings. The number of rotatable bonds is 3. The molecular formula is C16H27N3O3S. The molecule has 7 heteroatoms. The van der Waals surface area contributed by atoms with Crippen molar-refractivity contribution in [2.45, 2.75) is 51.4 Å². The van der Waals surface area contributed by atoms with Gasteiger partial charge in [0.15, 0.2) is 9.84 Å². The molecule has 1 aliphatic heterocycles. The van der Waals surface area contributed by atoms with Crippen LogP contribution in [-0.4, -0.2) is 49.1 Å². The summed E-state index contributed by atoms with van der Waals surface area (Å²) in [4.78, 5) is 11.3. The highest BCUT2D eigenvalue weighted by Crippen LogP contribution is 2.28. The van der Waals surface area contributed by atoms with Crippen LogP contribution in [0.3, 0.4) is 0 Å². The zero-order chi connectivity index (χ0) is 17.5. The van der Waals surface area contributed by atoms with Crippen molar-refractivity contribution in [3.8, 4) is 0 Å². The van der Waals surface area contributed by atoms with Crippen LogP contribution in [0.15, 0.2) is 6.07 Å². The molecule has 0 radical (unpaired) electrons. The van der Waals surface area contributed by atoms with E-state index in [0.29, 0.717) is 19.7 Å². The van der Waals surface area contributed by atoms with E-state index >= 15 is 0 Å². The van der Waals surface area contributed by atoms with Crippen molar-refractivity contribution in [1.82, 2.24) is 9.97 Å². The monoisotopic (exact) mass is 341 g/mol. The van der Waals surface area contributed by atoms with E-state index in [-0.39, 0.29) is 11.2 Å². The van der Waals surface area contributed by atoms with Gasteiger partial charge < -0.3 is 9.64 Å². The Kier molecular flexibility index (Phi) is 4.74. The average molecular weight is 341 g/mol. The molecule has 6 nitrogen and oxygen atoms in total. The van der Waals surface area contributed by atoms with Gasteiger partial charge in [0.25, 0.3) is 0 Å². The minimum Gasteiger partial charge on any atom is -0.378 e. The Bertz CT molecular complexity index is 678. The maximum atomic E-state index is 12.2. The second kappa shape index (κ2) is 6.02. The van der Waals surface area contributed by atoms with Gasteiger partial charge in [0.1, 0.15) is 11.6 Å². The van der Waals surface area contributed by atoms with E-state index in [1.54, 1.807) is 21.0 Å². The summed E-state index contributed by atoms with van der Waals surface area (Å²) in [6.07, 6.45) is 0. The molecule has 0 aliphatic carbocycles. The Morgan fingerprint density at radius 2 is 1.96 bits per heavy atom. The first-order valence-corrected chi connectivity index (χ1v) is 9.46. The smallest absolute Gasteiger partial charge is 0.158 e. The molecule has 1 aliphatic rings. The second-order valence-corrected chi connectivity index (χ2v) is 10.5. The first-order valence-electron chi connectivity index (χ1n) is 7.81. The van der Waals surface area contributed by atoms with Gasteiger partial charge in [0, 0.05) is 31.7 Å². The van der Waals surface area contributed by atoms with Crippen molar-refractivity contribution in [3.63, 3.8) is 0 Å². The summed E-state index contributed by atoms with van der Waals surface area (Å²) in [6.45, 7) is 11.0. The molecule has 0 atom stereocenters. The topological polar surface area (TPSA) is 72.4 Å². The molecule has 2 heterocycles. The minimum absolute atomic E-state index is 0.147. The van der Waals surface area contributed by atoms with Crippen molar-refractivity contribution in [1.29, 1.82) is 0 Å². The van der Waals surface area contributed by atoms with Crippen molar-refractivity contribution in [2.75, 3.05) is 30.9 Å². The highest BCUT2D eigenvalue weighted by Gasteiger charge is 2.40. The number of hydrogen-bond acceptors (Lipinski definition) is 6. The first-order chi connectivity index (χ1) is 10.5. The number of methoxy groups -OCH3 is 1. The Balaban J connectivity index is 2.41. The molecule has 2 rings (SSSR count). The third kappa shape index (κ3) is 3.83. The van der Waals surface area contributed by atoms with Crippen LogP contribution in [0.25, 0.3) is 0 Å². The Hall–Kier alpha value is -1.21. The lowest BCUT2D eigenvalue weighted by atomic mass is 9.95. The number of sulfone groups is 1. The van der Waals surface area contributed by atoms with Crippen LogP contribution in [-0.2, 0) is 26.6 Å². The molecule has 130 valence electrons. The lowest BCUT2D eigenvalue weighted by Crippen LogP contribution is -2.53. The van der Waals surface area contributed by atoms with Crippen LogP contribution < -0.4 is 4.90 Å². The standard InChI is InChI=1S/C16H27N3O3S/c1-15(2,3)14-17-12(10-22-6)9-13(18-14)19-7-8-23(20,21)16(4,5)11-19/h9H,7-8,10-11H2,1-6H3. The lowest BCUT2D eigenvalue weighted by Gasteiger charge is -2.38. The number of anilines is 1. The van der Waals surface area contributed by atoms with Gasteiger partial charge in [-0.3, -0.25) is 0 Å². The van der Waals surface area contributed by atoms with Crippen molar-refractivity contribution in [3.05, 3.63) is 17.6 Å². The fourth-order valence-electron chi connectivity index (χ4n) is 2.54. The third-order valence-corrected chi connectivity index (χ3v) is 6.63. The van der Waals surface area contributed by atoms with Crippen LogP contribution in [0.2, 0.25) is 0 Å². The maximum absolute atomic E-state index is 12.2. The van der Waals surface area contributed by atoms with Gasteiger partial charge in [-0.1, -0.05) is 20.8 Å². The summed E-state index contributed by atoms with van der Waals surface area (Å²) in [7, 11) is -1.44. The summed E-state index contributed by atoms with van der Waals surface area (Å²) < 4.78 is 28.8. The highest BCUT2D eigenvalue weighted by molar-refractivity contribution is 7.92. The number of ether oxygens (including phenoxy) is 1. The van der Waals surface area contributed by atoms with Crippen LogP contribution in [0.5, 0.6) is 0 Å². The van der Waals surface area contributed by atoms with Gasteiger partial charge in [-0.15, -0.1) is 0 Å². The zero-order valence-corrected chi connectivity index (χ0v) is 15.7. The summed E-state index contributed by atoms with van der Waals surface area (Å²) in [5.74, 6) is 1.67. The quantitative estimate of drug-likeness (QED) is 0.836. The van der Waals surface area contributed by atoms with E-state index in [4.69, 9.17) is 4.74 Å². The fourth-order valence-corrected chi connectivity index (χ4v) is 3.91. The van der Waals surface area contributed by atoms with Crippen molar-refractivity contribution in [2.24, 2.45) is 0 Å². The predicted octanol–water partition coefficient (Wildman–Crippen LogP) is 1.93. The van der Waals surface area contributed by atoms with Gasteiger partial charge in [-0.05, 0) is 13.8 Å². The normalized spacial score (nSPS) is 20.5. The van der Waals surface area contributed by atoms with E-state index in [1.807, 2.05) is 11.0 Å². The van der Waals surface area contributed by atoms with E-state index in [1.165, 1.54) is 0 Å². The SMILES string of the molecule is COCc1cc(N2CCS(=O)(=O)C(C)(C)C2)nc(C(C)(C)C)n1. The molecule has 0 amide bonds. The fraction of sp³-hybridized carbons (Fsp3) is 0.750. The van der Waals surface area contributed by atoms with Crippen molar-refractivity contribution < 1.29 is 13.2 Å². The molecule has 0 aromatic carbocycles. The summed E-state index contributed by atoms with van der Waals surface area (Å²) in [5.41, 5.74) is 0.629. The number of nitrogens with zero attached hydrogens (tertiary/aromatic N) is 3. The molecule has 23 heavy (non-hydrogen) atoms. The van der Waals surface area contributed by atoms with E-state index in [0.717, 1.165) is 17.3 Å². The molecule has 1 aromatic rings. The summed E-state index contributed by atoms with van der Waals surface area (Å²) in [5, 5.41) is 0. The van der Waals surface area contributed by atoms with Crippen LogP contribution >= 0.6 is 0 Å². The molecule has 1 saturated heterocycles. The lowest BCUT2D eigenvalue weighted by molar-refractivity contribution is 0.181. The van der Waals surface area contributed by atoms with Crippen LogP contribution in [0, 0.1) is 0 Å². The van der Waals surface area contributed by atoms with Crippen molar-refractivity contribution >= 4 is 15.7 Å². The molecule has 0 unspecified atom stereocenters. The number of hydrogen-bond donors (Lipinski definition) is 0. The van der Waals surface area contributed by atoms with Crippen LogP contribution in [0.4, 0.5) is 5.82 Å². The molecule has 0 bridgehead atoms. The van der Waals surface area contributed by atoms with Gasteiger partial charge in [0.05, 0.1) is 22.8 Å². The Labute approximate surface area is 139 Å². The molecule has 0 spiro atoms. The molecule has 1 aromatic heterocycles. The third-order valence-electron chi connectivity index (χ3n) is 4.10. The van der Waals surface area contributed by atoms with E-state index in [2.05, 4.69) is 30.7 Å². The Morgan fingerprint density at radius 3 is 2.48 bits per heavy atom. The predicted molar refractivity (Wildman–Crippen MR) is 91.5 cm³/mol. The van der Waals surface area contributed by atoms with Gasteiger partial charge in [0.2, 0.25) is 0 Å². The summed E-state index contributed by atoms with van der Waals surface area (Å²) >= 11 is 0. The summed E-state index contributed by atoms with van der Waals surface area (Å²) in [6, 6.07) is 1.90. The highest BCUT2D eigenvalue weighted by atomic mass is 32.2. The maximum Gasteiger partial charge on any atom is 0.158 e. The molecule has 0 N–H and O–H groups in total. The zero-order valence-electron chi connectivity index (χ0n) is 14.9. The largest absolute Gasteiger partial charge is 0.378 e. The first kappa shape index (κ1) is 18.1. The van der Waals surface area contributed by atoms with E-state index in [9.17, 15) is 8.42 Å². The molecular weight excluding hydrogens is 314 g/mol. The second-order valence-electron chi connectivity index (χ2n) is 7.72. The van der Waals surface area contributed by atoms with Crippen LogP contribution in [0.1, 0.15) is 46.1 Å². The number of aromatic nitrogens is 2. The van der Waals surface area contributed by atoms with Gasteiger partial charge in [-0.2, -0.15) is 0 Å². The molecule has 0 saturated carbocycles. The minimum atomic E-state index is -3.07. The van der Waals surface area contributed by atoms with Gasteiger partial charge in [-0.25, -0.2) is 18.4 Å². The van der Waals surface area contributed by atoms with E-state index < -0.39 is 14.6 Å². The Morgan fingerprint density at radius 1 is 1.30 bits per heavy atom.